The molecular formula is C18H19NO2. The normalized spacial score (nSPS) is 30.7. The zero-order valence-corrected chi connectivity index (χ0v) is 12.1. The van der Waals surface area contributed by atoms with E-state index in [-0.39, 0.29) is 17.2 Å². The molecule has 1 N–H and O–H groups in total. The van der Waals surface area contributed by atoms with E-state index in [2.05, 4.69) is 30.4 Å². The fraction of sp³-hybridized carbons (Fsp3) is 0.389. The van der Waals surface area contributed by atoms with Crippen molar-refractivity contribution in [3.63, 3.8) is 0 Å². The SMILES string of the molecule is CC12CCOCC1C2C(=O)Nc1cccc2ccccc12. The van der Waals surface area contributed by atoms with Crippen molar-refractivity contribution < 1.29 is 9.53 Å². The van der Waals surface area contributed by atoms with Crippen LogP contribution in [-0.4, -0.2) is 19.1 Å². The fourth-order valence-corrected chi connectivity index (χ4v) is 3.82. The third-order valence-electron chi connectivity index (χ3n) is 5.26. The van der Waals surface area contributed by atoms with Gasteiger partial charge in [-0.15, -0.1) is 0 Å². The third kappa shape index (κ3) is 1.95. The van der Waals surface area contributed by atoms with E-state index in [1.165, 1.54) is 0 Å². The van der Waals surface area contributed by atoms with Crippen LogP contribution in [0.4, 0.5) is 5.69 Å². The first-order valence-electron chi connectivity index (χ1n) is 7.56. The number of carbonyl (C=O) groups excluding carboxylic acids is 1. The molecule has 1 amide bonds. The second-order valence-electron chi connectivity index (χ2n) is 6.43. The number of hydrogen-bond acceptors (Lipinski definition) is 2. The molecule has 1 saturated carbocycles. The van der Waals surface area contributed by atoms with Crippen molar-refractivity contribution in [3.8, 4) is 0 Å². The molecule has 2 aliphatic rings. The van der Waals surface area contributed by atoms with Gasteiger partial charge < -0.3 is 10.1 Å². The standard InChI is InChI=1S/C18H19NO2/c1-18-9-10-21-11-14(18)16(18)17(20)19-15-8-4-6-12-5-2-3-7-13(12)15/h2-8,14,16H,9-11H2,1H3,(H,19,20). The molecule has 2 aromatic carbocycles. The van der Waals surface area contributed by atoms with Crippen molar-refractivity contribution in [1.29, 1.82) is 0 Å². The van der Waals surface area contributed by atoms with Gasteiger partial charge in [0.15, 0.2) is 0 Å². The molecule has 1 saturated heterocycles. The van der Waals surface area contributed by atoms with Crippen molar-refractivity contribution in [2.24, 2.45) is 17.3 Å². The molecule has 0 aromatic heterocycles. The minimum Gasteiger partial charge on any atom is -0.381 e. The molecule has 0 bridgehead atoms. The highest BCUT2D eigenvalue weighted by atomic mass is 16.5. The molecule has 3 unspecified atom stereocenters. The molecule has 3 heteroatoms. The van der Waals surface area contributed by atoms with Crippen LogP contribution in [0.3, 0.4) is 0 Å². The molecule has 1 aliphatic heterocycles. The van der Waals surface area contributed by atoms with Crippen LogP contribution in [-0.2, 0) is 9.53 Å². The van der Waals surface area contributed by atoms with E-state index in [1.807, 2.05) is 24.3 Å². The molecule has 2 fully saturated rings. The predicted molar refractivity (Wildman–Crippen MR) is 83.1 cm³/mol. The number of fused-ring (bicyclic) bond motifs is 2. The number of rotatable bonds is 2. The van der Waals surface area contributed by atoms with Gasteiger partial charge in [-0.05, 0) is 23.3 Å². The zero-order chi connectivity index (χ0) is 14.4. The van der Waals surface area contributed by atoms with Gasteiger partial charge in [0.1, 0.15) is 0 Å². The summed E-state index contributed by atoms with van der Waals surface area (Å²) >= 11 is 0. The van der Waals surface area contributed by atoms with Gasteiger partial charge >= 0.3 is 0 Å². The Morgan fingerprint density at radius 1 is 1.24 bits per heavy atom. The minimum atomic E-state index is 0.0963. The smallest absolute Gasteiger partial charge is 0.228 e. The molecule has 3 nitrogen and oxygen atoms in total. The number of carbonyl (C=O) groups is 1. The van der Waals surface area contributed by atoms with Crippen molar-refractivity contribution in [2.45, 2.75) is 13.3 Å². The summed E-state index contributed by atoms with van der Waals surface area (Å²) in [7, 11) is 0. The first kappa shape index (κ1) is 12.8. The first-order valence-corrected chi connectivity index (χ1v) is 7.56. The van der Waals surface area contributed by atoms with E-state index in [4.69, 9.17) is 4.74 Å². The zero-order valence-electron chi connectivity index (χ0n) is 12.1. The van der Waals surface area contributed by atoms with Crippen LogP contribution in [0, 0.1) is 17.3 Å². The summed E-state index contributed by atoms with van der Waals surface area (Å²) in [5.74, 6) is 0.629. The molecule has 1 aliphatic carbocycles. The largest absolute Gasteiger partial charge is 0.381 e. The minimum absolute atomic E-state index is 0.0963. The molecular weight excluding hydrogens is 262 g/mol. The summed E-state index contributed by atoms with van der Waals surface area (Å²) in [6.45, 7) is 3.72. The summed E-state index contributed by atoms with van der Waals surface area (Å²) in [5, 5.41) is 5.38. The van der Waals surface area contributed by atoms with E-state index < -0.39 is 0 Å². The average Bonchev–Trinajstić information content (AvgIpc) is 3.13. The van der Waals surface area contributed by atoms with Crippen LogP contribution in [0.1, 0.15) is 13.3 Å². The number of ether oxygens (including phenoxy) is 1. The second-order valence-corrected chi connectivity index (χ2v) is 6.43. The topological polar surface area (TPSA) is 38.3 Å². The Kier molecular flexibility index (Phi) is 2.79. The maximum Gasteiger partial charge on any atom is 0.228 e. The van der Waals surface area contributed by atoms with E-state index in [1.54, 1.807) is 0 Å². The Labute approximate surface area is 124 Å². The Bertz CT molecular complexity index is 706. The summed E-state index contributed by atoms with van der Waals surface area (Å²) < 4.78 is 5.51. The van der Waals surface area contributed by atoms with Crippen LogP contribution >= 0.6 is 0 Å². The fourth-order valence-electron chi connectivity index (χ4n) is 3.82. The van der Waals surface area contributed by atoms with Crippen molar-refractivity contribution in [2.75, 3.05) is 18.5 Å². The van der Waals surface area contributed by atoms with Gasteiger partial charge in [-0.1, -0.05) is 43.3 Å². The Balaban J connectivity index is 1.60. The molecule has 1 heterocycles. The lowest BCUT2D eigenvalue weighted by molar-refractivity contribution is -0.118. The highest BCUT2D eigenvalue weighted by Gasteiger charge is 2.65. The van der Waals surface area contributed by atoms with Gasteiger partial charge in [-0.25, -0.2) is 0 Å². The molecule has 4 rings (SSSR count). The van der Waals surface area contributed by atoms with E-state index >= 15 is 0 Å². The molecule has 0 radical (unpaired) electrons. The van der Waals surface area contributed by atoms with Gasteiger partial charge in [-0.2, -0.15) is 0 Å². The van der Waals surface area contributed by atoms with Crippen molar-refractivity contribution >= 4 is 22.4 Å². The highest BCUT2D eigenvalue weighted by Crippen LogP contribution is 2.62. The van der Waals surface area contributed by atoms with Gasteiger partial charge in [0.2, 0.25) is 5.91 Å². The van der Waals surface area contributed by atoms with Crippen LogP contribution in [0.15, 0.2) is 42.5 Å². The predicted octanol–water partition coefficient (Wildman–Crippen LogP) is 3.45. The molecule has 21 heavy (non-hydrogen) atoms. The average molecular weight is 281 g/mol. The third-order valence-corrected chi connectivity index (χ3v) is 5.26. The molecule has 3 atom stereocenters. The molecule has 2 aromatic rings. The Hall–Kier alpha value is -1.87. The van der Waals surface area contributed by atoms with E-state index in [9.17, 15) is 4.79 Å². The Morgan fingerprint density at radius 3 is 2.86 bits per heavy atom. The summed E-state index contributed by atoms with van der Waals surface area (Å²) in [6, 6.07) is 14.2. The second kappa shape index (κ2) is 4.57. The van der Waals surface area contributed by atoms with Crippen molar-refractivity contribution in [3.05, 3.63) is 42.5 Å². The summed E-state index contributed by atoms with van der Waals surface area (Å²) in [6.07, 6.45) is 0.991. The van der Waals surface area contributed by atoms with Gasteiger partial charge in [0.05, 0.1) is 6.61 Å². The number of nitrogens with one attached hydrogen (secondary N) is 1. The molecule has 0 spiro atoms. The van der Waals surface area contributed by atoms with E-state index in [0.717, 1.165) is 36.1 Å². The maximum absolute atomic E-state index is 12.6. The van der Waals surface area contributed by atoms with Crippen LogP contribution in [0.5, 0.6) is 0 Å². The lowest BCUT2D eigenvalue weighted by atomic mass is 9.99. The number of anilines is 1. The number of hydrogen-bond donors (Lipinski definition) is 1. The lowest BCUT2D eigenvalue weighted by Gasteiger charge is -2.16. The summed E-state index contributed by atoms with van der Waals surface area (Å²) in [4.78, 5) is 12.6. The quantitative estimate of drug-likeness (QED) is 0.915. The van der Waals surface area contributed by atoms with E-state index in [0.29, 0.717) is 5.92 Å². The molecule has 108 valence electrons. The Morgan fingerprint density at radius 2 is 2.05 bits per heavy atom. The monoisotopic (exact) mass is 281 g/mol. The lowest BCUT2D eigenvalue weighted by Crippen LogP contribution is -2.18. The highest BCUT2D eigenvalue weighted by molar-refractivity contribution is 6.04. The summed E-state index contributed by atoms with van der Waals surface area (Å²) in [5.41, 5.74) is 1.05. The maximum atomic E-state index is 12.6. The van der Waals surface area contributed by atoms with Gasteiger partial charge in [0, 0.05) is 29.5 Å². The van der Waals surface area contributed by atoms with Gasteiger partial charge in [0.25, 0.3) is 0 Å². The van der Waals surface area contributed by atoms with Gasteiger partial charge in [-0.3, -0.25) is 4.79 Å². The van der Waals surface area contributed by atoms with Crippen LogP contribution < -0.4 is 5.32 Å². The first-order chi connectivity index (χ1) is 10.2. The van der Waals surface area contributed by atoms with Crippen LogP contribution in [0.25, 0.3) is 10.8 Å². The van der Waals surface area contributed by atoms with Crippen molar-refractivity contribution in [1.82, 2.24) is 0 Å². The number of amides is 1. The number of benzene rings is 2. The van der Waals surface area contributed by atoms with Crippen LogP contribution in [0.2, 0.25) is 0 Å².